The lowest BCUT2D eigenvalue weighted by Crippen LogP contribution is -2.52. The molecule has 0 bridgehead atoms. The summed E-state index contributed by atoms with van der Waals surface area (Å²) in [5.74, 6) is 1.12. The Hall–Kier alpha value is -0.860. The summed E-state index contributed by atoms with van der Waals surface area (Å²) in [6, 6.07) is 0. The minimum Gasteiger partial charge on any atom is -0.350 e. The molecule has 0 aromatic heterocycles. The highest BCUT2D eigenvalue weighted by atomic mass is 16.7. The Morgan fingerprint density at radius 3 is 2.72 bits per heavy atom. The fraction of sp³-hybridized carbons (Fsp3) is 0.739. The molecule has 4 atom stereocenters. The lowest BCUT2D eigenvalue weighted by Gasteiger charge is -2.56. The Labute approximate surface area is 154 Å². The first-order valence-electron chi connectivity index (χ1n) is 10.1. The molecule has 1 saturated heterocycles. The second-order valence-electron chi connectivity index (χ2n) is 8.94. The molecule has 2 nitrogen and oxygen atoms in total. The van der Waals surface area contributed by atoms with E-state index in [-0.39, 0.29) is 11.7 Å². The van der Waals surface area contributed by atoms with Crippen molar-refractivity contribution >= 4 is 0 Å². The lowest BCUT2D eigenvalue weighted by atomic mass is 9.50. The van der Waals surface area contributed by atoms with Gasteiger partial charge in [0.25, 0.3) is 0 Å². The molecule has 0 amide bonds. The van der Waals surface area contributed by atoms with E-state index in [1.807, 2.05) is 0 Å². The minimum atomic E-state index is -0.0716. The average Bonchev–Trinajstić information content (AvgIpc) is 3.11. The van der Waals surface area contributed by atoms with Crippen molar-refractivity contribution in [2.24, 2.45) is 22.7 Å². The van der Waals surface area contributed by atoms with Gasteiger partial charge in [0.2, 0.25) is 0 Å². The summed E-state index contributed by atoms with van der Waals surface area (Å²) in [5.41, 5.74) is 3.33. The van der Waals surface area contributed by atoms with Crippen LogP contribution in [-0.4, -0.2) is 19.5 Å². The fourth-order valence-electron chi connectivity index (χ4n) is 5.74. The molecule has 0 radical (unpaired) electrons. The summed E-state index contributed by atoms with van der Waals surface area (Å²) >= 11 is 0. The number of rotatable bonds is 6. The van der Waals surface area contributed by atoms with Crippen molar-refractivity contribution in [1.82, 2.24) is 0 Å². The van der Waals surface area contributed by atoms with Crippen LogP contribution in [-0.2, 0) is 9.47 Å². The molecule has 1 aliphatic heterocycles. The summed E-state index contributed by atoms with van der Waals surface area (Å²) in [6.45, 7) is 16.7. The van der Waals surface area contributed by atoms with Crippen LogP contribution in [0.5, 0.6) is 0 Å². The van der Waals surface area contributed by atoms with Crippen molar-refractivity contribution in [3.63, 3.8) is 0 Å². The van der Waals surface area contributed by atoms with Crippen LogP contribution in [0.25, 0.3) is 0 Å². The van der Waals surface area contributed by atoms with Gasteiger partial charge in [-0.15, -0.1) is 13.2 Å². The average molecular weight is 345 g/mol. The summed E-state index contributed by atoms with van der Waals surface area (Å²) in [6.07, 6.45) is 12.9. The second-order valence-corrected chi connectivity index (χ2v) is 8.94. The fourth-order valence-corrected chi connectivity index (χ4v) is 5.74. The Bertz CT molecular complexity index is 542. The molecule has 2 aliphatic carbocycles. The number of allylic oxidation sites excluding steroid dienone is 4. The second kappa shape index (κ2) is 7.40. The molecule has 25 heavy (non-hydrogen) atoms. The van der Waals surface area contributed by atoms with E-state index in [0.29, 0.717) is 17.3 Å². The van der Waals surface area contributed by atoms with E-state index in [0.717, 1.165) is 32.5 Å². The molecule has 1 heterocycles. The molecule has 1 saturated carbocycles. The predicted molar refractivity (Wildman–Crippen MR) is 104 cm³/mol. The first kappa shape index (κ1) is 18.9. The Morgan fingerprint density at radius 2 is 2.08 bits per heavy atom. The zero-order valence-electron chi connectivity index (χ0n) is 16.5. The van der Waals surface area contributed by atoms with Gasteiger partial charge >= 0.3 is 0 Å². The number of fused-ring (bicyclic) bond motifs is 1. The molecule has 3 rings (SSSR count). The third-order valence-corrected chi connectivity index (χ3v) is 7.21. The van der Waals surface area contributed by atoms with Gasteiger partial charge in [0.15, 0.2) is 6.29 Å². The van der Waals surface area contributed by atoms with Crippen molar-refractivity contribution < 1.29 is 9.47 Å². The van der Waals surface area contributed by atoms with E-state index in [2.05, 4.69) is 46.1 Å². The van der Waals surface area contributed by atoms with Crippen LogP contribution in [0.1, 0.15) is 65.7 Å². The van der Waals surface area contributed by atoms with Crippen LogP contribution >= 0.6 is 0 Å². The predicted octanol–water partition coefficient (Wildman–Crippen LogP) is 6.05. The van der Waals surface area contributed by atoms with E-state index in [9.17, 15) is 0 Å². The quantitative estimate of drug-likeness (QED) is 0.546. The molecule has 140 valence electrons. The van der Waals surface area contributed by atoms with E-state index < -0.39 is 0 Å². The van der Waals surface area contributed by atoms with Gasteiger partial charge in [0.05, 0.1) is 13.2 Å². The smallest absolute Gasteiger partial charge is 0.164 e. The van der Waals surface area contributed by atoms with E-state index in [4.69, 9.17) is 9.47 Å². The molecule has 0 N–H and O–H groups in total. The van der Waals surface area contributed by atoms with Crippen LogP contribution < -0.4 is 0 Å². The molecule has 0 aromatic carbocycles. The number of ether oxygens (including phenoxy) is 2. The number of hydrogen-bond donors (Lipinski definition) is 0. The zero-order chi connectivity index (χ0) is 18.1. The third-order valence-electron chi connectivity index (χ3n) is 7.21. The summed E-state index contributed by atoms with van der Waals surface area (Å²) in [4.78, 5) is 0. The molecule has 2 heteroatoms. The highest BCUT2D eigenvalue weighted by Gasteiger charge is 2.56. The maximum atomic E-state index is 6.12. The van der Waals surface area contributed by atoms with Gasteiger partial charge in [0, 0.05) is 5.41 Å². The summed E-state index contributed by atoms with van der Waals surface area (Å²) in [7, 11) is 0. The van der Waals surface area contributed by atoms with Crippen LogP contribution in [0, 0.1) is 22.7 Å². The molecule has 2 fully saturated rings. The topological polar surface area (TPSA) is 18.5 Å². The van der Waals surface area contributed by atoms with Crippen LogP contribution in [0.15, 0.2) is 36.5 Å². The first-order chi connectivity index (χ1) is 11.9. The van der Waals surface area contributed by atoms with E-state index in [1.165, 1.54) is 31.3 Å². The van der Waals surface area contributed by atoms with Crippen LogP contribution in [0.4, 0.5) is 0 Å². The van der Waals surface area contributed by atoms with E-state index >= 15 is 0 Å². The Morgan fingerprint density at radius 1 is 1.36 bits per heavy atom. The molecule has 2 unspecified atom stereocenters. The van der Waals surface area contributed by atoms with Crippen molar-refractivity contribution in [3.8, 4) is 0 Å². The number of hydrogen-bond acceptors (Lipinski definition) is 2. The van der Waals surface area contributed by atoms with Gasteiger partial charge in [-0.05, 0) is 62.7 Å². The molecular formula is C23H36O2. The largest absolute Gasteiger partial charge is 0.350 e. The summed E-state index contributed by atoms with van der Waals surface area (Å²) in [5, 5.41) is 0. The van der Waals surface area contributed by atoms with Gasteiger partial charge in [-0.3, -0.25) is 0 Å². The van der Waals surface area contributed by atoms with Crippen molar-refractivity contribution in [2.45, 2.75) is 72.0 Å². The molecule has 0 spiro atoms. The van der Waals surface area contributed by atoms with Crippen molar-refractivity contribution in [1.29, 1.82) is 0 Å². The summed E-state index contributed by atoms with van der Waals surface area (Å²) < 4.78 is 12.2. The lowest BCUT2D eigenvalue weighted by molar-refractivity contribution is -0.180. The SMILES string of the molecule is C=CC[C@@]1(C2OCCO2)C(C)CC=C2C1CCC[C@]2(C)CCC(=C)C. The molecular weight excluding hydrogens is 308 g/mol. The maximum absolute atomic E-state index is 6.12. The van der Waals surface area contributed by atoms with Crippen LogP contribution in [0.3, 0.4) is 0 Å². The van der Waals surface area contributed by atoms with Gasteiger partial charge in [-0.25, -0.2) is 0 Å². The minimum absolute atomic E-state index is 0.0488. The van der Waals surface area contributed by atoms with Gasteiger partial charge in [0.1, 0.15) is 0 Å². The Kier molecular flexibility index (Phi) is 5.60. The molecule has 3 aliphatic rings. The van der Waals surface area contributed by atoms with Crippen molar-refractivity contribution in [3.05, 3.63) is 36.5 Å². The van der Waals surface area contributed by atoms with Crippen molar-refractivity contribution in [2.75, 3.05) is 13.2 Å². The maximum Gasteiger partial charge on any atom is 0.164 e. The zero-order valence-corrected chi connectivity index (χ0v) is 16.5. The van der Waals surface area contributed by atoms with Gasteiger partial charge in [-0.1, -0.05) is 43.6 Å². The monoisotopic (exact) mass is 344 g/mol. The van der Waals surface area contributed by atoms with E-state index in [1.54, 1.807) is 5.57 Å². The van der Waals surface area contributed by atoms with Gasteiger partial charge in [-0.2, -0.15) is 0 Å². The molecule has 0 aromatic rings. The Balaban J connectivity index is 1.97. The standard InChI is InChI=1S/C23H36O2/c1-6-12-23(21-24-15-16-25-21)18(4)9-10-19-20(23)8-7-13-22(19,5)14-11-17(2)3/h6,10,18,20-21H,1-2,7-9,11-16H2,3-5H3/t18?,20?,22-,23-/m1/s1. The first-order valence-corrected chi connectivity index (χ1v) is 10.1. The third kappa shape index (κ3) is 3.28. The highest BCUT2D eigenvalue weighted by molar-refractivity contribution is 5.28. The van der Waals surface area contributed by atoms with Crippen LogP contribution in [0.2, 0.25) is 0 Å². The van der Waals surface area contributed by atoms with Gasteiger partial charge < -0.3 is 9.47 Å². The normalized spacial score (nSPS) is 38.9. The highest BCUT2D eigenvalue weighted by Crippen LogP contribution is 2.61.